The maximum atomic E-state index is 12.7. The normalized spacial score (nSPS) is 16.1. The second-order valence-corrected chi connectivity index (χ2v) is 9.17. The van der Waals surface area contributed by atoms with E-state index in [0.717, 1.165) is 42.9 Å². The maximum absolute atomic E-state index is 12.7. The molecule has 0 radical (unpaired) electrons. The van der Waals surface area contributed by atoms with Crippen LogP contribution >= 0.6 is 0 Å². The first-order valence-electron chi connectivity index (χ1n) is 10.2. The van der Waals surface area contributed by atoms with Crippen LogP contribution < -0.4 is 10.6 Å². The lowest BCUT2D eigenvalue weighted by molar-refractivity contribution is 0.342. The molecule has 0 bridgehead atoms. The molecule has 5 heteroatoms. The lowest BCUT2D eigenvalue weighted by Gasteiger charge is -2.33. The predicted molar refractivity (Wildman–Crippen MR) is 115 cm³/mol. The molecule has 3 heterocycles. The number of hydrogen-bond donors (Lipinski definition) is 0. The SMILES string of the molecule is Cn1c(=O)n(CC(C)(C)C)c2ccc(N3CCC(c4ccccc4)CC3)nc21. The Kier molecular flexibility index (Phi) is 4.77. The van der Waals surface area contributed by atoms with Gasteiger partial charge in [-0.15, -0.1) is 0 Å². The van der Waals surface area contributed by atoms with Crippen molar-refractivity contribution in [1.82, 2.24) is 14.1 Å². The zero-order valence-corrected chi connectivity index (χ0v) is 17.4. The van der Waals surface area contributed by atoms with Gasteiger partial charge in [0.1, 0.15) is 5.82 Å². The minimum absolute atomic E-state index is 0.0114. The summed E-state index contributed by atoms with van der Waals surface area (Å²) >= 11 is 0. The zero-order valence-electron chi connectivity index (χ0n) is 17.4. The van der Waals surface area contributed by atoms with Crippen LogP contribution in [0.1, 0.15) is 45.1 Å². The Bertz CT molecular complexity index is 1020. The Morgan fingerprint density at radius 3 is 2.36 bits per heavy atom. The molecule has 3 aromatic rings. The van der Waals surface area contributed by atoms with Gasteiger partial charge in [0.05, 0.1) is 5.52 Å². The van der Waals surface area contributed by atoms with Gasteiger partial charge in [-0.2, -0.15) is 0 Å². The summed E-state index contributed by atoms with van der Waals surface area (Å²) in [7, 11) is 1.82. The number of aromatic nitrogens is 3. The smallest absolute Gasteiger partial charge is 0.330 e. The van der Waals surface area contributed by atoms with Crippen molar-refractivity contribution in [2.75, 3.05) is 18.0 Å². The van der Waals surface area contributed by atoms with Crippen LogP contribution in [0.2, 0.25) is 0 Å². The van der Waals surface area contributed by atoms with E-state index in [1.165, 1.54) is 5.56 Å². The number of hydrogen-bond acceptors (Lipinski definition) is 3. The number of nitrogens with zero attached hydrogens (tertiary/aromatic N) is 4. The Morgan fingerprint density at radius 1 is 1.04 bits per heavy atom. The number of fused-ring (bicyclic) bond motifs is 1. The van der Waals surface area contributed by atoms with E-state index in [-0.39, 0.29) is 11.1 Å². The molecule has 0 spiro atoms. The average Bonchev–Trinajstić information content (AvgIpc) is 2.92. The number of pyridine rings is 1. The van der Waals surface area contributed by atoms with Crippen LogP contribution in [0.3, 0.4) is 0 Å². The maximum Gasteiger partial charge on any atom is 0.330 e. The van der Waals surface area contributed by atoms with Crippen molar-refractivity contribution in [2.24, 2.45) is 12.5 Å². The molecule has 4 rings (SSSR count). The molecule has 1 aliphatic rings. The quantitative estimate of drug-likeness (QED) is 0.687. The fourth-order valence-electron chi connectivity index (χ4n) is 4.23. The molecule has 1 saturated heterocycles. The number of anilines is 1. The Balaban J connectivity index is 1.58. The summed E-state index contributed by atoms with van der Waals surface area (Å²) < 4.78 is 3.54. The lowest BCUT2D eigenvalue weighted by atomic mass is 9.89. The molecule has 1 aliphatic heterocycles. The third kappa shape index (κ3) is 3.58. The molecule has 1 fully saturated rings. The van der Waals surface area contributed by atoms with Crippen LogP contribution in [0.15, 0.2) is 47.3 Å². The third-order valence-corrected chi connectivity index (χ3v) is 5.69. The fraction of sp³-hybridized carbons (Fsp3) is 0.478. The van der Waals surface area contributed by atoms with E-state index in [9.17, 15) is 4.79 Å². The number of imidazole rings is 1. The highest BCUT2D eigenvalue weighted by atomic mass is 16.1. The highest BCUT2D eigenvalue weighted by Crippen LogP contribution is 2.30. The summed E-state index contributed by atoms with van der Waals surface area (Å²) in [5, 5.41) is 0. The van der Waals surface area contributed by atoms with Gasteiger partial charge < -0.3 is 4.90 Å². The van der Waals surface area contributed by atoms with Crippen molar-refractivity contribution >= 4 is 17.0 Å². The largest absolute Gasteiger partial charge is 0.357 e. The van der Waals surface area contributed by atoms with Crippen molar-refractivity contribution < 1.29 is 0 Å². The fourth-order valence-corrected chi connectivity index (χ4v) is 4.23. The van der Waals surface area contributed by atoms with Crippen LogP contribution in [0, 0.1) is 5.41 Å². The van der Waals surface area contributed by atoms with E-state index < -0.39 is 0 Å². The molecule has 0 unspecified atom stereocenters. The van der Waals surface area contributed by atoms with Crippen LogP contribution in [0.5, 0.6) is 0 Å². The molecule has 0 N–H and O–H groups in total. The first kappa shape index (κ1) is 18.8. The molecule has 0 aliphatic carbocycles. The predicted octanol–water partition coefficient (Wildman–Crippen LogP) is 4.17. The Labute approximate surface area is 166 Å². The van der Waals surface area contributed by atoms with Gasteiger partial charge in [0, 0.05) is 26.7 Å². The summed E-state index contributed by atoms with van der Waals surface area (Å²) in [5.74, 6) is 1.60. The van der Waals surface area contributed by atoms with Crippen molar-refractivity contribution in [3.63, 3.8) is 0 Å². The molecular formula is C23H30N4O. The van der Waals surface area contributed by atoms with E-state index in [1.807, 2.05) is 11.6 Å². The second-order valence-electron chi connectivity index (χ2n) is 9.17. The lowest BCUT2D eigenvalue weighted by Crippen LogP contribution is -2.33. The molecule has 1 aromatic carbocycles. The van der Waals surface area contributed by atoms with Crippen molar-refractivity contribution in [3.8, 4) is 0 Å². The van der Waals surface area contributed by atoms with E-state index in [0.29, 0.717) is 12.5 Å². The standard InChI is InChI=1S/C23H30N4O/c1-23(2,3)16-27-19-10-11-20(24-21(19)25(4)22(27)28)26-14-12-18(13-15-26)17-8-6-5-7-9-17/h5-11,18H,12-16H2,1-4H3. The van der Waals surface area contributed by atoms with Gasteiger partial charge in [-0.1, -0.05) is 51.1 Å². The van der Waals surface area contributed by atoms with Gasteiger partial charge in [-0.3, -0.25) is 9.13 Å². The average molecular weight is 379 g/mol. The van der Waals surface area contributed by atoms with E-state index >= 15 is 0 Å². The van der Waals surface area contributed by atoms with Crippen LogP contribution in [-0.4, -0.2) is 27.2 Å². The molecular weight excluding hydrogens is 348 g/mol. The first-order chi connectivity index (χ1) is 13.3. The molecule has 2 aromatic heterocycles. The first-order valence-corrected chi connectivity index (χ1v) is 10.2. The van der Waals surface area contributed by atoms with E-state index in [4.69, 9.17) is 4.98 Å². The third-order valence-electron chi connectivity index (χ3n) is 5.69. The molecule has 0 atom stereocenters. The molecule has 28 heavy (non-hydrogen) atoms. The van der Waals surface area contributed by atoms with Crippen molar-refractivity contribution in [3.05, 3.63) is 58.5 Å². The van der Waals surface area contributed by atoms with Crippen molar-refractivity contribution in [2.45, 2.75) is 46.1 Å². The van der Waals surface area contributed by atoms with Crippen molar-refractivity contribution in [1.29, 1.82) is 0 Å². The van der Waals surface area contributed by atoms with Crippen LogP contribution in [0.4, 0.5) is 5.82 Å². The van der Waals surface area contributed by atoms with Gasteiger partial charge >= 0.3 is 5.69 Å². The van der Waals surface area contributed by atoms with Crippen LogP contribution in [0.25, 0.3) is 11.2 Å². The summed E-state index contributed by atoms with van der Waals surface area (Å²) in [5.41, 5.74) is 3.18. The molecule has 0 amide bonds. The summed E-state index contributed by atoms with van der Waals surface area (Å²) in [4.78, 5) is 20.0. The van der Waals surface area contributed by atoms with Gasteiger partial charge in [-0.25, -0.2) is 9.78 Å². The number of benzene rings is 1. The van der Waals surface area contributed by atoms with Gasteiger partial charge in [0.15, 0.2) is 5.65 Å². The summed E-state index contributed by atoms with van der Waals surface area (Å²) in [6, 6.07) is 14.9. The minimum Gasteiger partial charge on any atom is -0.357 e. The second kappa shape index (κ2) is 7.12. The van der Waals surface area contributed by atoms with Crippen LogP contribution in [-0.2, 0) is 13.6 Å². The molecule has 5 nitrogen and oxygen atoms in total. The number of piperidine rings is 1. The van der Waals surface area contributed by atoms with Gasteiger partial charge in [0.2, 0.25) is 0 Å². The molecule has 148 valence electrons. The Morgan fingerprint density at radius 2 is 1.71 bits per heavy atom. The van der Waals surface area contributed by atoms with E-state index in [2.05, 4.69) is 68.1 Å². The Hall–Kier alpha value is -2.56. The number of rotatable bonds is 3. The van der Waals surface area contributed by atoms with Gasteiger partial charge in [0.25, 0.3) is 0 Å². The highest BCUT2D eigenvalue weighted by Gasteiger charge is 2.23. The van der Waals surface area contributed by atoms with E-state index in [1.54, 1.807) is 4.57 Å². The summed E-state index contributed by atoms with van der Waals surface area (Å²) in [6.45, 7) is 9.13. The highest BCUT2D eigenvalue weighted by molar-refractivity contribution is 5.74. The topological polar surface area (TPSA) is 43.1 Å². The summed E-state index contributed by atoms with van der Waals surface area (Å²) in [6.07, 6.45) is 2.27. The molecule has 0 saturated carbocycles. The van der Waals surface area contributed by atoms with Gasteiger partial charge in [-0.05, 0) is 41.9 Å². The minimum atomic E-state index is 0.0114. The zero-order chi connectivity index (χ0) is 19.9. The number of aryl methyl sites for hydroxylation is 1. The monoisotopic (exact) mass is 378 g/mol.